The average molecular weight is 621 g/mol. The first kappa shape index (κ1) is 37.7. The van der Waals surface area contributed by atoms with Crippen LogP contribution >= 0.6 is 0 Å². The smallest absolute Gasteiger partial charge is 0.409 e. The lowest BCUT2D eigenvalue weighted by molar-refractivity contribution is -0.141. The maximum atomic E-state index is 13.2. The Morgan fingerprint density at radius 1 is 0.932 bits per heavy atom. The molecular formula is C30H48N6O8. The zero-order valence-corrected chi connectivity index (χ0v) is 26.4. The minimum absolute atomic E-state index is 0.0166. The van der Waals surface area contributed by atoms with Gasteiger partial charge >= 0.3 is 18.1 Å². The fourth-order valence-corrected chi connectivity index (χ4v) is 3.95. The first-order chi connectivity index (χ1) is 20.8. The average Bonchev–Trinajstić information content (AvgIpc) is 2.96. The van der Waals surface area contributed by atoms with Crippen LogP contribution in [0.15, 0.2) is 24.3 Å². The van der Waals surface area contributed by atoms with Crippen LogP contribution in [0.4, 0.5) is 15.3 Å². The van der Waals surface area contributed by atoms with Crippen molar-refractivity contribution in [2.24, 2.45) is 11.7 Å². The molecule has 14 heteroatoms. The number of carbonyl (C=O) groups excluding carboxylic acids is 6. The predicted molar refractivity (Wildman–Crippen MR) is 164 cm³/mol. The number of urea groups is 1. The molecule has 0 saturated carbocycles. The molecule has 0 radical (unpaired) electrons. The number of ether oxygens (including phenoxy) is 2. The lowest BCUT2D eigenvalue weighted by Gasteiger charge is -2.25. The van der Waals surface area contributed by atoms with Crippen molar-refractivity contribution < 1.29 is 38.2 Å². The Bertz CT molecular complexity index is 1100. The number of anilines is 1. The summed E-state index contributed by atoms with van der Waals surface area (Å²) in [5.41, 5.74) is 6.24. The van der Waals surface area contributed by atoms with Crippen molar-refractivity contribution in [1.29, 1.82) is 0 Å². The maximum absolute atomic E-state index is 13.2. The number of hydrogen-bond donors (Lipinski definition) is 5. The van der Waals surface area contributed by atoms with Crippen molar-refractivity contribution in [1.82, 2.24) is 20.9 Å². The molecule has 1 aromatic carbocycles. The Morgan fingerprint density at radius 2 is 1.61 bits per heavy atom. The van der Waals surface area contributed by atoms with Gasteiger partial charge in [0.2, 0.25) is 17.7 Å². The summed E-state index contributed by atoms with van der Waals surface area (Å²) in [5.74, 6) is -1.85. The number of rotatable bonds is 19. The number of unbranched alkanes of at least 4 members (excludes halogenated alkanes) is 2. The van der Waals surface area contributed by atoms with E-state index in [4.69, 9.17) is 15.2 Å². The maximum Gasteiger partial charge on any atom is 0.409 e. The van der Waals surface area contributed by atoms with Gasteiger partial charge in [0, 0.05) is 32.6 Å². The number of benzene rings is 1. The Balaban J connectivity index is 2.82. The minimum Gasteiger partial charge on any atom is -0.464 e. The molecule has 0 fully saturated rings. The van der Waals surface area contributed by atoms with E-state index in [1.54, 1.807) is 24.3 Å². The van der Waals surface area contributed by atoms with Crippen LogP contribution in [0, 0.1) is 5.92 Å². The second kappa shape index (κ2) is 20.5. The number of nitrogens with zero attached hydrogens (tertiary/aromatic N) is 1. The summed E-state index contributed by atoms with van der Waals surface area (Å²) < 4.78 is 10.1. The number of nitrogens with two attached hydrogens (primary N) is 1. The van der Waals surface area contributed by atoms with Crippen LogP contribution in [0.3, 0.4) is 0 Å². The van der Waals surface area contributed by atoms with Gasteiger partial charge in [0.05, 0.1) is 6.54 Å². The van der Waals surface area contributed by atoms with Crippen LogP contribution in [0.25, 0.3) is 0 Å². The highest BCUT2D eigenvalue weighted by molar-refractivity contribution is 5.98. The minimum atomic E-state index is -0.960. The van der Waals surface area contributed by atoms with E-state index in [2.05, 4.69) is 21.3 Å². The summed E-state index contributed by atoms with van der Waals surface area (Å²) in [6.45, 7) is 7.37. The van der Waals surface area contributed by atoms with Crippen molar-refractivity contribution in [2.45, 2.75) is 84.9 Å². The standard InChI is InChI=1S/C30H48N6O8/c1-6-7-8-11-25(38)35-26(20(2)3)28(40)34-24(10-9-16-32-29(31)41)27(39)33-23-14-12-22(13-15-23)19-44-30(42)36(5)17-18-43-21(4)37/h12-15,20,24,26H,6-11,16-19H2,1-5H3,(H,33,39)(H,34,40)(H,35,38)(H3,31,32,41)/t24-,26-/m0/s1. The Morgan fingerprint density at radius 3 is 2.20 bits per heavy atom. The van der Waals surface area contributed by atoms with Crippen molar-refractivity contribution in [2.75, 3.05) is 32.1 Å². The fraction of sp³-hybridized carbons (Fsp3) is 0.600. The summed E-state index contributed by atoms with van der Waals surface area (Å²) in [5, 5.41) is 10.8. The molecule has 6 amide bonds. The van der Waals surface area contributed by atoms with E-state index >= 15 is 0 Å². The molecule has 0 unspecified atom stereocenters. The summed E-state index contributed by atoms with van der Waals surface area (Å²) >= 11 is 0. The van der Waals surface area contributed by atoms with Gasteiger partial charge in [-0.2, -0.15) is 0 Å². The number of likely N-dealkylation sites (N-methyl/N-ethyl adjacent to an activating group) is 1. The van der Waals surface area contributed by atoms with Gasteiger partial charge in [0.1, 0.15) is 25.3 Å². The van der Waals surface area contributed by atoms with E-state index in [0.717, 1.165) is 19.3 Å². The zero-order valence-electron chi connectivity index (χ0n) is 26.4. The number of nitrogens with one attached hydrogen (secondary N) is 4. The predicted octanol–water partition coefficient (Wildman–Crippen LogP) is 2.41. The summed E-state index contributed by atoms with van der Waals surface area (Å²) in [4.78, 5) is 74.2. The number of amides is 6. The SMILES string of the molecule is CCCCCC(=O)N[C@H](C(=O)N[C@@H](CCCNC(N)=O)C(=O)Nc1ccc(COC(=O)N(C)CCOC(C)=O)cc1)C(C)C. The van der Waals surface area contributed by atoms with Gasteiger partial charge < -0.3 is 41.4 Å². The Hall–Kier alpha value is -4.36. The van der Waals surface area contributed by atoms with E-state index < -0.39 is 42.0 Å². The van der Waals surface area contributed by atoms with Crippen LogP contribution in [0.2, 0.25) is 0 Å². The third-order valence-electron chi connectivity index (χ3n) is 6.50. The van der Waals surface area contributed by atoms with E-state index in [1.807, 2.05) is 20.8 Å². The molecule has 6 N–H and O–H groups in total. The van der Waals surface area contributed by atoms with Gasteiger partial charge in [-0.1, -0.05) is 45.7 Å². The number of primary amides is 1. The van der Waals surface area contributed by atoms with Gasteiger partial charge in [-0.25, -0.2) is 9.59 Å². The lowest BCUT2D eigenvalue weighted by Crippen LogP contribution is -2.54. The van der Waals surface area contributed by atoms with Crippen LogP contribution in [0.5, 0.6) is 0 Å². The number of carbonyl (C=O) groups is 6. The van der Waals surface area contributed by atoms with Gasteiger partial charge in [0.25, 0.3) is 0 Å². The molecule has 0 heterocycles. The van der Waals surface area contributed by atoms with Gasteiger partial charge in [-0.05, 0) is 42.9 Å². The van der Waals surface area contributed by atoms with Crippen molar-refractivity contribution in [3.8, 4) is 0 Å². The number of esters is 1. The second-order valence-corrected chi connectivity index (χ2v) is 10.7. The third kappa shape index (κ3) is 15.8. The quantitative estimate of drug-likeness (QED) is 0.115. The highest BCUT2D eigenvalue weighted by Gasteiger charge is 2.28. The molecule has 0 aliphatic heterocycles. The largest absolute Gasteiger partial charge is 0.464 e. The van der Waals surface area contributed by atoms with Crippen molar-refractivity contribution in [3.63, 3.8) is 0 Å². The molecule has 1 aromatic rings. The van der Waals surface area contributed by atoms with E-state index in [0.29, 0.717) is 24.1 Å². The fourth-order valence-electron chi connectivity index (χ4n) is 3.95. The summed E-state index contributed by atoms with van der Waals surface area (Å²) in [6, 6.07) is 4.13. The van der Waals surface area contributed by atoms with E-state index in [1.165, 1.54) is 18.9 Å². The van der Waals surface area contributed by atoms with Gasteiger partial charge in [0.15, 0.2) is 0 Å². The normalized spacial score (nSPS) is 12.0. The highest BCUT2D eigenvalue weighted by Crippen LogP contribution is 2.13. The molecule has 0 aliphatic rings. The van der Waals surface area contributed by atoms with Crippen molar-refractivity contribution in [3.05, 3.63) is 29.8 Å². The van der Waals surface area contributed by atoms with Gasteiger partial charge in [-0.3, -0.25) is 19.2 Å². The van der Waals surface area contributed by atoms with Crippen molar-refractivity contribution >= 4 is 41.5 Å². The Labute approximate surface area is 259 Å². The monoisotopic (exact) mass is 620 g/mol. The first-order valence-electron chi connectivity index (χ1n) is 14.9. The lowest BCUT2D eigenvalue weighted by atomic mass is 10.0. The summed E-state index contributed by atoms with van der Waals surface area (Å²) in [6.07, 6.45) is 2.89. The van der Waals surface area contributed by atoms with Crippen LogP contribution in [-0.4, -0.2) is 79.5 Å². The molecule has 1 rings (SSSR count). The highest BCUT2D eigenvalue weighted by atomic mass is 16.6. The molecule has 0 aliphatic carbocycles. The molecule has 44 heavy (non-hydrogen) atoms. The van der Waals surface area contributed by atoms with Crippen LogP contribution in [0.1, 0.15) is 71.8 Å². The van der Waals surface area contributed by atoms with Gasteiger partial charge in [-0.15, -0.1) is 0 Å². The number of hydrogen-bond acceptors (Lipinski definition) is 8. The topological polar surface area (TPSA) is 198 Å². The molecule has 0 bridgehead atoms. The molecule has 0 spiro atoms. The molecule has 0 aromatic heterocycles. The van der Waals surface area contributed by atoms with Crippen LogP contribution < -0.4 is 27.0 Å². The molecule has 14 nitrogen and oxygen atoms in total. The van der Waals surface area contributed by atoms with Crippen LogP contribution in [-0.2, 0) is 35.3 Å². The molecule has 246 valence electrons. The molecule has 2 atom stereocenters. The molecule has 0 saturated heterocycles. The molecular weight excluding hydrogens is 572 g/mol. The Kier molecular flexibility index (Phi) is 17.6. The third-order valence-corrected chi connectivity index (χ3v) is 6.50. The zero-order chi connectivity index (χ0) is 33.1. The van der Waals surface area contributed by atoms with E-state index in [-0.39, 0.29) is 44.5 Å². The van der Waals surface area contributed by atoms with E-state index in [9.17, 15) is 28.8 Å². The summed E-state index contributed by atoms with van der Waals surface area (Å²) in [7, 11) is 1.52. The second-order valence-electron chi connectivity index (χ2n) is 10.7. The first-order valence-corrected chi connectivity index (χ1v) is 14.9.